The number of likely N-dealkylation sites (tertiary alicyclic amines) is 1. The number of aromatic nitrogens is 1. The predicted molar refractivity (Wildman–Crippen MR) is 103 cm³/mol. The van der Waals surface area contributed by atoms with E-state index in [2.05, 4.69) is 36.2 Å². The van der Waals surface area contributed by atoms with Crippen LogP contribution in [0.4, 0.5) is 0 Å². The smallest absolute Gasteiger partial charge is 0.253 e. The number of ether oxygens (including phenoxy) is 2. The highest BCUT2D eigenvalue weighted by molar-refractivity contribution is 5.95. The van der Waals surface area contributed by atoms with Crippen molar-refractivity contribution in [3.05, 3.63) is 59.3 Å². The molecule has 3 aromatic rings. The Bertz CT molecular complexity index is 1020. The molecule has 3 heterocycles. The third kappa shape index (κ3) is 2.74. The van der Waals surface area contributed by atoms with E-state index in [1.807, 2.05) is 17.0 Å². The van der Waals surface area contributed by atoms with E-state index >= 15 is 0 Å². The van der Waals surface area contributed by atoms with Crippen molar-refractivity contribution in [3.63, 3.8) is 0 Å². The molecule has 1 aromatic heterocycles. The second-order valence-corrected chi connectivity index (χ2v) is 7.34. The first-order valence-corrected chi connectivity index (χ1v) is 9.47. The molecule has 0 saturated carbocycles. The molecule has 5 nitrogen and oxygen atoms in total. The number of aromatic amines is 1. The van der Waals surface area contributed by atoms with Crippen molar-refractivity contribution in [1.29, 1.82) is 0 Å². The molecule has 0 aliphatic carbocycles. The summed E-state index contributed by atoms with van der Waals surface area (Å²) < 4.78 is 10.7. The van der Waals surface area contributed by atoms with Crippen LogP contribution in [-0.4, -0.2) is 35.7 Å². The third-order valence-electron chi connectivity index (χ3n) is 5.75. The molecule has 1 amide bonds. The third-order valence-corrected chi connectivity index (χ3v) is 5.75. The molecule has 0 spiro atoms. The van der Waals surface area contributed by atoms with Crippen LogP contribution >= 0.6 is 0 Å². The second-order valence-electron chi connectivity index (χ2n) is 7.34. The SMILES string of the molecule is Cc1[nH]c2ccccc2c1C1CCN(C(=O)c2ccc3c(c2)OCO3)CC1. The number of nitrogens with one attached hydrogen (secondary N) is 1. The maximum absolute atomic E-state index is 12.9. The number of piperidine rings is 1. The van der Waals surface area contributed by atoms with Gasteiger partial charge >= 0.3 is 0 Å². The van der Waals surface area contributed by atoms with Crippen molar-refractivity contribution in [2.24, 2.45) is 0 Å². The number of amides is 1. The summed E-state index contributed by atoms with van der Waals surface area (Å²) >= 11 is 0. The molecule has 0 radical (unpaired) electrons. The van der Waals surface area contributed by atoms with Gasteiger partial charge in [0.2, 0.25) is 6.79 Å². The van der Waals surface area contributed by atoms with Gasteiger partial charge in [-0.2, -0.15) is 0 Å². The lowest BCUT2D eigenvalue weighted by Gasteiger charge is -2.32. The molecular weight excluding hydrogens is 340 g/mol. The van der Waals surface area contributed by atoms with Crippen LogP contribution in [0, 0.1) is 6.92 Å². The summed E-state index contributed by atoms with van der Waals surface area (Å²) in [5, 5.41) is 1.32. The fraction of sp³-hybridized carbons (Fsp3) is 0.318. The zero-order valence-corrected chi connectivity index (χ0v) is 15.3. The number of rotatable bonds is 2. The second kappa shape index (κ2) is 6.34. The number of para-hydroxylation sites is 1. The van der Waals surface area contributed by atoms with Crippen molar-refractivity contribution < 1.29 is 14.3 Å². The fourth-order valence-electron chi connectivity index (χ4n) is 4.41. The molecule has 0 bridgehead atoms. The Hall–Kier alpha value is -2.95. The average molecular weight is 362 g/mol. The first kappa shape index (κ1) is 16.2. The van der Waals surface area contributed by atoms with Crippen LogP contribution in [0.1, 0.15) is 40.4 Å². The van der Waals surface area contributed by atoms with Crippen LogP contribution in [0.25, 0.3) is 10.9 Å². The molecule has 1 fully saturated rings. The van der Waals surface area contributed by atoms with Gasteiger partial charge < -0.3 is 19.4 Å². The molecular formula is C22H22N2O3. The van der Waals surface area contributed by atoms with Gasteiger partial charge in [0.05, 0.1) is 0 Å². The number of nitrogens with zero attached hydrogens (tertiary/aromatic N) is 1. The summed E-state index contributed by atoms with van der Waals surface area (Å²) in [6, 6.07) is 13.9. The molecule has 27 heavy (non-hydrogen) atoms. The van der Waals surface area contributed by atoms with Gasteiger partial charge in [0, 0.05) is 35.2 Å². The number of carbonyl (C=O) groups is 1. The summed E-state index contributed by atoms with van der Waals surface area (Å²) in [6.07, 6.45) is 1.97. The highest BCUT2D eigenvalue weighted by atomic mass is 16.7. The summed E-state index contributed by atoms with van der Waals surface area (Å²) in [4.78, 5) is 18.4. The van der Waals surface area contributed by atoms with Crippen molar-refractivity contribution in [2.45, 2.75) is 25.7 Å². The van der Waals surface area contributed by atoms with E-state index in [0.717, 1.165) is 25.9 Å². The first-order valence-electron chi connectivity index (χ1n) is 9.47. The zero-order chi connectivity index (χ0) is 18.4. The van der Waals surface area contributed by atoms with Crippen molar-refractivity contribution in [3.8, 4) is 11.5 Å². The molecule has 1 saturated heterocycles. The van der Waals surface area contributed by atoms with E-state index < -0.39 is 0 Å². The Balaban J connectivity index is 1.32. The molecule has 0 unspecified atom stereocenters. The van der Waals surface area contributed by atoms with Crippen molar-refractivity contribution in [1.82, 2.24) is 9.88 Å². The monoisotopic (exact) mass is 362 g/mol. The van der Waals surface area contributed by atoms with E-state index in [9.17, 15) is 4.79 Å². The minimum absolute atomic E-state index is 0.0717. The van der Waals surface area contributed by atoms with Gasteiger partial charge in [0.1, 0.15) is 0 Å². The zero-order valence-electron chi connectivity index (χ0n) is 15.3. The van der Waals surface area contributed by atoms with Gasteiger partial charge in [-0.15, -0.1) is 0 Å². The summed E-state index contributed by atoms with van der Waals surface area (Å²) in [6.45, 7) is 3.93. The van der Waals surface area contributed by atoms with Crippen LogP contribution in [0.5, 0.6) is 11.5 Å². The Kier molecular flexibility index (Phi) is 3.81. The minimum atomic E-state index is 0.0717. The van der Waals surface area contributed by atoms with E-state index in [1.54, 1.807) is 6.07 Å². The summed E-state index contributed by atoms with van der Waals surface area (Å²) in [5.74, 6) is 1.93. The van der Waals surface area contributed by atoms with Crippen molar-refractivity contribution in [2.75, 3.05) is 19.9 Å². The van der Waals surface area contributed by atoms with Gasteiger partial charge in [-0.1, -0.05) is 18.2 Å². The quantitative estimate of drug-likeness (QED) is 0.742. The number of hydrogen-bond acceptors (Lipinski definition) is 3. The first-order chi connectivity index (χ1) is 13.2. The number of H-pyrrole nitrogens is 1. The van der Waals surface area contributed by atoms with Gasteiger partial charge in [-0.25, -0.2) is 0 Å². The maximum Gasteiger partial charge on any atom is 0.253 e. The molecule has 1 N–H and O–H groups in total. The summed E-state index contributed by atoms with van der Waals surface area (Å²) in [5.41, 5.74) is 4.53. The predicted octanol–water partition coefficient (Wildman–Crippen LogP) is 4.22. The lowest BCUT2D eigenvalue weighted by atomic mass is 9.87. The highest BCUT2D eigenvalue weighted by Crippen LogP contribution is 2.37. The molecule has 0 atom stereocenters. The lowest BCUT2D eigenvalue weighted by Crippen LogP contribution is -2.38. The van der Waals surface area contributed by atoms with E-state index in [1.165, 1.54) is 22.2 Å². The molecule has 5 heteroatoms. The molecule has 2 aliphatic rings. The highest BCUT2D eigenvalue weighted by Gasteiger charge is 2.28. The number of carbonyl (C=O) groups excluding carboxylic acids is 1. The standard InChI is InChI=1S/C22H22N2O3/c1-14-21(17-4-2-3-5-18(17)23-14)15-8-10-24(11-9-15)22(25)16-6-7-19-20(12-16)27-13-26-19/h2-7,12,15,23H,8-11,13H2,1H3. The molecule has 138 valence electrons. The van der Waals surface area contributed by atoms with Crippen LogP contribution in [0.3, 0.4) is 0 Å². The number of hydrogen-bond donors (Lipinski definition) is 1. The van der Waals surface area contributed by atoms with Gasteiger partial charge in [-0.3, -0.25) is 4.79 Å². The Morgan fingerprint density at radius 3 is 2.70 bits per heavy atom. The van der Waals surface area contributed by atoms with Crippen LogP contribution in [-0.2, 0) is 0 Å². The fourth-order valence-corrected chi connectivity index (χ4v) is 4.41. The Morgan fingerprint density at radius 1 is 1.07 bits per heavy atom. The molecule has 2 aromatic carbocycles. The summed E-state index contributed by atoms with van der Waals surface area (Å²) in [7, 11) is 0. The van der Waals surface area contributed by atoms with Crippen molar-refractivity contribution >= 4 is 16.8 Å². The van der Waals surface area contributed by atoms with Crippen LogP contribution < -0.4 is 9.47 Å². The lowest BCUT2D eigenvalue weighted by molar-refractivity contribution is 0.0713. The topological polar surface area (TPSA) is 54.6 Å². The molecule has 2 aliphatic heterocycles. The van der Waals surface area contributed by atoms with E-state index in [-0.39, 0.29) is 12.7 Å². The molecule has 5 rings (SSSR count). The number of aryl methyl sites for hydroxylation is 1. The van der Waals surface area contributed by atoms with E-state index in [0.29, 0.717) is 23.0 Å². The number of fused-ring (bicyclic) bond motifs is 2. The maximum atomic E-state index is 12.9. The van der Waals surface area contributed by atoms with Crippen LogP contribution in [0.15, 0.2) is 42.5 Å². The van der Waals surface area contributed by atoms with Crippen LogP contribution in [0.2, 0.25) is 0 Å². The van der Waals surface area contributed by atoms with Gasteiger partial charge in [0.25, 0.3) is 5.91 Å². The Labute approximate surface area is 157 Å². The largest absolute Gasteiger partial charge is 0.454 e. The van der Waals surface area contributed by atoms with Gasteiger partial charge in [-0.05, 0) is 55.5 Å². The normalized spacial score (nSPS) is 16.9. The van der Waals surface area contributed by atoms with Gasteiger partial charge in [0.15, 0.2) is 11.5 Å². The number of benzene rings is 2. The Morgan fingerprint density at radius 2 is 1.85 bits per heavy atom. The minimum Gasteiger partial charge on any atom is -0.454 e. The van der Waals surface area contributed by atoms with E-state index in [4.69, 9.17) is 9.47 Å². The average Bonchev–Trinajstić information content (AvgIpc) is 3.30.